The van der Waals surface area contributed by atoms with Gasteiger partial charge in [0.2, 0.25) is 0 Å². The number of ketones is 3. The summed E-state index contributed by atoms with van der Waals surface area (Å²) in [5, 5.41) is 0. The Balaban J connectivity index is 1.55. The van der Waals surface area contributed by atoms with Crippen molar-refractivity contribution in [3.8, 4) is 17.2 Å². The molecule has 8 heteroatoms. The summed E-state index contributed by atoms with van der Waals surface area (Å²) in [5.41, 5.74) is 0.884. The number of anilines is 1. The molecule has 0 aromatic heterocycles. The first-order valence-electron chi connectivity index (χ1n) is 14.2. The lowest BCUT2D eigenvalue weighted by Gasteiger charge is -2.37. The Labute approximate surface area is 253 Å². The van der Waals surface area contributed by atoms with Crippen LogP contribution in [0.15, 0.2) is 91.0 Å². The molecule has 1 spiro atoms. The van der Waals surface area contributed by atoms with Gasteiger partial charge in [0, 0.05) is 45.5 Å². The first kappa shape index (κ1) is 27.6. The van der Waals surface area contributed by atoms with E-state index in [1.807, 2.05) is 4.90 Å². The number of ether oxygens (including phenoxy) is 3. The monoisotopic (exact) mass is 589 g/mol. The summed E-state index contributed by atoms with van der Waals surface area (Å²) in [6.45, 7) is 0. The van der Waals surface area contributed by atoms with E-state index in [1.165, 1.54) is 26.4 Å². The molecule has 2 aliphatic heterocycles. The summed E-state index contributed by atoms with van der Waals surface area (Å²) in [4.78, 5) is 46.3. The van der Waals surface area contributed by atoms with Gasteiger partial charge < -0.3 is 19.1 Å². The minimum absolute atomic E-state index is 0.306. The molecule has 7 rings (SSSR count). The van der Waals surface area contributed by atoms with Gasteiger partial charge in [-0.25, -0.2) is 4.39 Å². The largest absolute Gasteiger partial charge is 0.497 e. The Morgan fingerprint density at radius 1 is 0.795 bits per heavy atom. The molecule has 220 valence electrons. The fourth-order valence-electron chi connectivity index (χ4n) is 7.29. The van der Waals surface area contributed by atoms with Crippen molar-refractivity contribution in [3.05, 3.63) is 125 Å². The van der Waals surface area contributed by atoms with Crippen LogP contribution in [-0.4, -0.2) is 50.8 Å². The van der Waals surface area contributed by atoms with Crippen LogP contribution in [0.1, 0.15) is 48.1 Å². The second-order valence-corrected chi connectivity index (χ2v) is 11.1. The maximum atomic E-state index is 14.8. The van der Waals surface area contributed by atoms with Crippen molar-refractivity contribution >= 4 is 29.1 Å². The van der Waals surface area contributed by atoms with E-state index in [4.69, 9.17) is 14.2 Å². The predicted octanol–water partition coefficient (Wildman–Crippen LogP) is 6.17. The number of rotatable bonds is 6. The zero-order valence-electron chi connectivity index (χ0n) is 24.2. The van der Waals surface area contributed by atoms with Gasteiger partial charge in [-0.3, -0.25) is 14.4 Å². The Morgan fingerprint density at radius 3 is 2.09 bits per heavy atom. The molecule has 1 saturated heterocycles. The maximum absolute atomic E-state index is 14.8. The van der Waals surface area contributed by atoms with Crippen molar-refractivity contribution in [2.24, 2.45) is 5.41 Å². The molecule has 1 aliphatic carbocycles. The summed E-state index contributed by atoms with van der Waals surface area (Å²) >= 11 is 0. The first-order valence-corrected chi connectivity index (χ1v) is 14.2. The lowest BCUT2D eigenvalue weighted by Crippen LogP contribution is -2.48. The number of benzene rings is 4. The van der Waals surface area contributed by atoms with Crippen LogP contribution in [0.3, 0.4) is 0 Å². The van der Waals surface area contributed by atoms with E-state index in [0.29, 0.717) is 50.8 Å². The van der Waals surface area contributed by atoms with Crippen molar-refractivity contribution in [1.82, 2.24) is 0 Å². The molecule has 0 saturated carbocycles. The Bertz CT molecular complexity index is 1850. The van der Waals surface area contributed by atoms with E-state index in [1.54, 1.807) is 92.1 Å². The predicted molar refractivity (Wildman–Crippen MR) is 163 cm³/mol. The lowest BCUT2D eigenvalue weighted by atomic mass is 9.64. The highest BCUT2D eigenvalue weighted by molar-refractivity contribution is 6.32. The molecular weight excluding hydrogens is 561 g/mol. The summed E-state index contributed by atoms with van der Waals surface area (Å²) in [6.07, 6.45) is 3.49. The van der Waals surface area contributed by atoms with Gasteiger partial charge >= 0.3 is 0 Å². The highest BCUT2D eigenvalue weighted by Crippen LogP contribution is 2.62. The molecule has 0 amide bonds. The van der Waals surface area contributed by atoms with Crippen molar-refractivity contribution in [2.45, 2.75) is 18.0 Å². The maximum Gasteiger partial charge on any atom is 0.185 e. The highest BCUT2D eigenvalue weighted by Gasteiger charge is 2.72. The van der Waals surface area contributed by atoms with E-state index in [9.17, 15) is 18.8 Å². The third-order valence-corrected chi connectivity index (χ3v) is 9.18. The van der Waals surface area contributed by atoms with Crippen molar-refractivity contribution in [2.75, 3.05) is 26.2 Å². The number of halogens is 1. The third kappa shape index (κ3) is 3.70. The van der Waals surface area contributed by atoms with Crippen molar-refractivity contribution in [3.63, 3.8) is 0 Å². The van der Waals surface area contributed by atoms with Crippen LogP contribution >= 0.6 is 0 Å². The highest BCUT2D eigenvalue weighted by atomic mass is 19.1. The molecule has 3 aliphatic rings. The average Bonchev–Trinajstić information content (AvgIpc) is 3.49. The molecule has 7 nitrogen and oxygen atoms in total. The molecule has 0 bridgehead atoms. The van der Waals surface area contributed by atoms with Crippen LogP contribution in [0.5, 0.6) is 17.2 Å². The van der Waals surface area contributed by atoms with Crippen LogP contribution in [-0.2, 0) is 0 Å². The second-order valence-electron chi connectivity index (χ2n) is 11.1. The molecular formula is C36H28FNO6. The number of carbonyl (C=O) groups is 3. The minimum atomic E-state index is -1.72. The Hall–Kier alpha value is -5.24. The molecule has 4 aromatic rings. The summed E-state index contributed by atoms with van der Waals surface area (Å²) < 4.78 is 31.1. The van der Waals surface area contributed by atoms with Crippen LogP contribution in [0.2, 0.25) is 0 Å². The van der Waals surface area contributed by atoms with Crippen LogP contribution < -0.4 is 19.1 Å². The minimum Gasteiger partial charge on any atom is -0.497 e. The number of hydrogen-bond acceptors (Lipinski definition) is 7. The molecule has 0 N–H and O–H groups in total. The van der Waals surface area contributed by atoms with Gasteiger partial charge in [-0.05, 0) is 48.5 Å². The molecule has 3 atom stereocenters. The summed E-state index contributed by atoms with van der Waals surface area (Å²) in [7, 11) is 4.57. The van der Waals surface area contributed by atoms with E-state index >= 15 is 0 Å². The van der Waals surface area contributed by atoms with Crippen molar-refractivity contribution in [1.29, 1.82) is 0 Å². The third-order valence-electron chi connectivity index (χ3n) is 9.18. The Morgan fingerprint density at radius 2 is 1.45 bits per heavy atom. The van der Waals surface area contributed by atoms with Gasteiger partial charge in [0.15, 0.2) is 17.3 Å². The molecule has 0 radical (unpaired) electrons. The molecule has 4 aromatic carbocycles. The number of hydrogen-bond donors (Lipinski definition) is 0. The van der Waals surface area contributed by atoms with Gasteiger partial charge in [-0.2, -0.15) is 0 Å². The first-order chi connectivity index (χ1) is 21.3. The molecule has 2 heterocycles. The molecule has 0 unspecified atom stereocenters. The Kier molecular flexibility index (Phi) is 6.39. The number of methoxy groups -OCH3 is 3. The SMILES string of the molecule is COc1ccc(C(=O)[C@@H]2[C@H](c3ccc(OC)cc3OC)C3(C(=O)c4ccccc4C3=O)[C@H]3C=Cc4cc(F)ccc4N23)cc1. The molecule has 44 heavy (non-hydrogen) atoms. The zero-order chi connectivity index (χ0) is 30.7. The normalized spacial score (nSPS) is 20.7. The van der Waals surface area contributed by atoms with E-state index in [0.717, 1.165) is 0 Å². The van der Waals surface area contributed by atoms with Crippen LogP contribution in [0.25, 0.3) is 6.08 Å². The number of Topliss-reactive ketones (excluding diaryl/α,β-unsaturated/α-hetero) is 3. The second kappa shape index (κ2) is 10.2. The fourth-order valence-corrected chi connectivity index (χ4v) is 7.29. The number of carbonyl (C=O) groups excluding carboxylic acids is 3. The average molecular weight is 590 g/mol. The van der Waals surface area contributed by atoms with Crippen LogP contribution in [0.4, 0.5) is 10.1 Å². The summed E-state index contributed by atoms with van der Waals surface area (Å²) in [5.74, 6) is -0.993. The van der Waals surface area contributed by atoms with Crippen molar-refractivity contribution < 1.29 is 33.0 Å². The van der Waals surface area contributed by atoms with Gasteiger partial charge in [0.1, 0.15) is 34.5 Å². The number of nitrogens with zero attached hydrogens (tertiary/aromatic N) is 1. The van der Waals surface area contributed by atoms with E-state index < -0.39 is 29.2 Å². The van der Waals surface area contributed by atoms with Crippen LogP contribution in [0, 0.1) is 11.2 Å². The van der Waals surface area contributed by atoms with Gasteiger partial charge in [0.25, 0.3) is 0 Å². The zero-order valence-corrected chi connectivity index (χ0v) is 24.2. The van der Waals surface area contributed by atoms with Gasteiger partial charge in [-0.1, -0.05) is 42.5 Å². The van der Waals surface area contributed by atoms with E-state index in [2.05, 4.69) is 0 Å². The smallest absolute Gasteiger partial charge is 0.185 e. The molecule has 1 fully saturated rings. The lowest BCUT2D eigenvalue weighted by molar-refractivity contribution is 0.0664. The summed E-state index contributed by atoms with van der Waals surface area (Å²) in [6, 6.07) is 21.1. The van der Waals surface area contributed by atoms with Gasteiger partial charge in [0.05, 0.1) is 27.4 Å². The standard InChI is InChI=1S/C36H28FNO6/c1-42-23-12-8-20(9-13-23)33(39)32-31(27-15-14-24(43-2)19-29(27)44-3)36(34(40)25-6-4-5-7-26(25)35(36)41)30-17-10-21-18-22(37)11-16-28(21)38(30)32/h4-19,30-32H,1-3H3/t30-,31+,32+/m1/s1. The number of fused-ring (bicyclic) bond motifs is 5. The van der Waals surface area contributed by atoms with E-state index in [-0.39, 0.29) is 17.3 Å². The topological polar surface area (TPSA) is 82.1 Å². The van der Waals surface area contributed by atoms with Gasteiger partial charge in [-0.15, -0.1) is 0 Å². The quantitative estimate of drug-likeness (QED) is 0.197. The fraction of sp³-hybridized carbons (Fsp3) is 0.194.